The summed E-state index contributed by atoms with van der Waals surface area (Å²) in [4.78, 5) is 4.21. The molecule has 0 saturated carbocycles. The smallest absolute Gasteiger partial charge is 0.190 e. The highest BCUT2D eigenvalue weighted by Crippen LogP contribution is 2.02. The van der Waals surface area contributed by atoms with E-state index in [0.717, 1.165) is 38.5 Å². The van der Waals surface area contributed by atoms with Gasteiger partial charge in [-0.1, -0.05) is 29.8 Å². The zero-order chi connectivity index (χ0) is 16.0. The van der Waals surface area contributed by atoms with Gasteiger partial charge in [-0.25, -0.2) is 0 Å². The Labute approximate surface area is 134 Å². The fraction of sp³-hybridized carbons (Fsp3) is 0.588. The lowest BCUT2D eigenvalue weighted by molar-refractivity contribution is 0.0698. The number of nitrogens with one attached hydrogen (secondary N) is 2. The number of methoxy groups -OCH3 is 1. The summed E-state index contributed by atoms with van der Waals surface area (Å²) in [5, 5.41) is 6.61. The third-order valence-corrected chi connectivity index (χ3v) is 3.24. The lowest BCUT2D eigenvalue weighted by Gasteiger charge is -2.12. The number of hydrogen-bond donors (Lipinski definition) is 2. The average Bonchev–Trinajstić information content (AvgIpc) is 2.54. The molecule has 5 heteroatoms. The molecular weight excluding hydrogens is 278 g/mol. The second kappa shape index (κ2) is 12.0. The summed E-state index contributed by atoms with van der Waals surface area (Å²) in [6, 6.07) is 8.63. The Balaban J connectivity index is 2.08. The highest BCUT2D eigenvalue weighted by molar-refractivity contribution is 5.79. The van der Waals surface area contributed by atoms with Crippen LogP contribution in [-0.4, -0.2) is 53.0 Å². The van der Waals surface area contributed by atoms with Crippen LogP contribution in [0.3, 0.4) is 0 Å². The first-order valence-electron chi connectivity index (χ1n) is 7.83. The second-order valence-corrected chi connectivity index (χ2v) is 5.12. The van der Waals surface area contributed by atoms with Gasteiger partial charge in [0.25, 0.3) is 0 Å². The largest absolute Gasteiger partial charge is 0.382 e. The first-order valence-corrected chi connectivity index (χ1v) is 7.83. The van der Waals surface area contributed by atoms with Crippen molar-refractivity contribution in [1.82, 2.24) is 10.6 Å². The molecule has 0 amide bonds. The van der Waals surface area contributed by atoms with E-state index in [-0.39, 0.29) is 0 Å². The molecule has 124 valence electrons. The van der Waals surface area contributed by atoms with Gasteiger partial charge >= 0.3 is 0 Å². The van der Waals surface area contributed by atoms with Gasteiger partial charge in [0.1, 0.15) is 0 Å². The minimum Gasteiger partial charge on any atom is -0.382 e. The average molecular weight is 307 g/mol. The van der Waals surface area contributed by atoms with E-state index in [4.69, 9.17) is 9.47 Å². The summed E-state index contributed by atoms with van der Waals surface area (Å²) >= 11 is 0. The zero-order valence-electron chi connectivity index (χ0n) is 14.0. The van der Waals surface area contributed by atoms with E-state index in [2.05, 4.69) is 46.8 Å². The Hall–Kier alpha value is -1.59. The van der Waals surface area contributed by atoms with Crippen molar-refractivity contribution in [2.45, 2.75) is 19.8 Å². The molecule has 0 bridgehead atoms. The predicted octanol–water partition coefficient (Wildman–Crippen LogP) is 1.76. The molecule has 0 aliphatic carbocycles. The van der Waals surface area contributed by atoms with Crippen molar-refractivity contribution >= 4 is 5.96 Å². The fourth-order valence-electron chi connectivity index (χ4n) is 1.93. The molecule has 0 saturated heterocycles. The van der Waals surface area contributed by atoms with Gasteiger partial charge in [0.15, 0.2) is 5.96 Å². The highest BCUT2D eigenvalue weighted by Gasteiger charge is 1.98. The molecule has 0 heterocycles. The van der Waals surface area contributed by atoms with Gasteiger partial charge in [0.05, 0.1) is 13.2 Å². The molecule has 0 unspecified atom stereocenters. The third kappa shape index (κ3) is 8.64. The summed E-state index contributed by atoms with van der Waals surface area (Å²) in [6.07, 6.45) is 1.93. The highest BCUT2D eigenvalue weighted by atomic mass is 16.5. The first-order chi connectivity index (χ1) is 10.8. The molecule has 1 aromatic carbocycles. The van der Waals surface area contributed by atoms with E-state index in [9.17, 15) is 0 Å². The maximum atomic E-state index is 5.41. The summed E-state index contributed by atoms with van der Waals surface area (Å²) in [7, 11) is 3.47. The molecular formula is C17H29N3O2. The van der Waals surface area contributed by atoms with Crippen LogP contribution in [0.4, 0.5) is 0 Å². The second-order valence-electron chi connectivity index (χ2n) is 5.12. The number of benzene rings is 1. The van der Waals surface area contributed by atoms with Crippen molar-refractivity contribution in [2.75, 3.05) is 47.1 Å². The monoisotopic (exact) mass is 307 g/mol. The standard InChI is InChI=1S/C17H29N3O2/c1-15-5-7-16(8-6-15)9-11-20-17(18-2)19-10-4-12-22-14-13-21-3/h5-8H,4,9-14H2,1-3H3,(H2,18,19,20). The summed E-state index contributed by atoms with van der Waals surface area (Å²) in [5.41, 5.74) is 2.63. The maximum Gasteiger partial charge on any atom is 0.190 e. The number of nitrogens with zero attached hydrogens (tertiary/aromatic N) is 1. The van der Waals surface area contributed by atoms with Crippen molar-refractivity contribution in [3.63, 3.8) is 0 Å². The summed E-state index contributed by atoms with van der Waals surface area (Å²) in [6.45, 7) is 5.85. The Morgan fingerprint density at radius 3 is 2.45 bits per heavy atom. The molecule has 0 atom stereocenters. The summed E-state index contributed by atoms with van der Waals surface area (Å²) < 4.78 is 10.3. The molecule has 0 spiro atoms. The molecule has 0 fully saturated rings. The van der Waals surface area contributed by atoms with Crippen LogP contribution in [0.15, 0.2) is 29.3 Å². The molecule has 1 rings (SSSR count). The molecule has 5 nitrogen and oxygen atoms in total. The van der Waals surface area contributed by atoms with E-state index in [0.29, 0.717) is 13.2 Å². The number of rotatable bonds is 10. The SMILES string of the molecule is CN=C(NCCCOCCOC)NCCc1ccc(C)cc1. The normalized spacial score (nSPS) is 11.5. The molecule has 1 aromatic rings. The lowest BCUT2D eigenvalue weighted by Crippen LogP contribution is -2.39. The van der Waals surface area contributed by atoms with Crippen LogP contribution in [0.1, 0.15) is 17.5 Å². The van der Waals surface area contributed by atoms with Crippen LogP contribution in [0, 0.1) is 6.92 Å². The van der Waals surface area contributed by atoms with Crippen LogP contribution in [0.5, 0.6) is 0 Å². The van der Waals surface area contributed by atoms with E-state index < -0.39 is 0 Å². The van der Waals surface area contributed by atoms with Gasteiger partial charge in [-0.05, 0) is 25.3 Å². The van der Waals surface area contributed by atoms with Crippen molar-refractivity contribution in [3.05, 3.63) is 35.4 Å². The van der Waals surface area contributed by atoms with Crippen molar-refractivity contribution in [1.29, 1.82) is 0 Å². The fourth-order valence-corrected chi connectivity index (χ4v) is 1.93. The first kappa shape index (κ1) is 18.5. The predicted molar refractivity (Wildman–Crippen MR) is 91.6 cm³/mol. The topological polar surface area (TPSA) is 54.9 Å². The lowest BCUT2D eigenvalue weighted by atomic mass is 10.1. The van der Waals surface area contributed by atoms with Gasteiger partial charge in [-0.15, -0.1) is 0 Å². The Bertz CT molecular complexity index is 418. The summed E-state index contributed by atoms with van der Waals surface area (Å²) in [5.74, 6) is 0.837. The molecule has 0 aliphatic rings. The number of guanidine groups is 1. The molecule has 2 N–H and O–H groups in total. The van der Waals surface area contributed by atoms with Crippen LogP contribution in [-0.2, 0) is 15.9 Å². The quantitative estimate of drug-likeness (QED) is 0.393. The van der Waals surface area contributed by atoms with Crippen LogP contribution in [0.25, 0.3) is 0 Å². The van der Waals surface area contributed by atoms with E-state index in [1.807, 2.05) is 0 Å². The molecule has 0 radical (unpaired) electrons. The van der Waals surface area contributed by atoms with E-state index in [1.165, 1.54) is 11.1 Å². The van der Waals surface area contributed by atoms with Crippen LogP contribution in [0.2, 0.25) is 0 Å². The number of aliphatic imine (C=N–C) groups is 1. The van der Waals surface area contributed by atoms with Gasteiger partial charge in [-0.2, -0.15) is 0 Å². The van der Waals surface area contributed by atoms with Crippen molar-refractivity contribution < 1.29 is 9.47 Å². The zero-order valence-corrected chi connectivity index (χ0v) is 14.0. The van der Waals surface area contributed by atoms with E-state index >= 15 is 0 Å². The number of ether oxygens (including phenoxy) is 2. The third-order valence-electron chi connectivity index (χ3n) is 3.24. The number of aryl methyl sites for hydroxylation is 1. The molecule has 0 aliphatic heterocycles. The van der Waals surface area contributed by atoms with Crippen molar-refractivity contribution in [2.24, 2.45) is 4.99 Å². The van der Waals surface area contributed by atoms with Gasteiger partial charge in [0.2, 0.25) is 0 Å². The van der Waals surface area contributed by atoms with Gasteiger partial charge < -0.3 is 20.1 Å². The Morgan fingerprint density at radius 1 is 1.05 bits per heavy atom. The van der Waals surface area contributed by atoms with Crippen LogP contribution < -0.4 is 10.6 Å². The molecule has 0 aromatic heterocycles. The Morgan fingerprint density at radius 2 is 1.77 bits per heavy atom. The number of hydrogen-bond acceptors (Lipinski definition) is 3. The minimum atomic E-state index is 0.648. The minimum absolute atomic E-state index is 0.648. The van der Waals surface area contributed by atoms with E-state index in [1.54, 1.807) is 14.2 Å². The van der Waals surface area contributed by atoms with Crippen molar-refractivity contribution in [3.8, 4) is 0 Å². The van der Waals surface area contributed by atoms with Crippen LogP contribution >= 0.6 is 0 Å². The molecule has 22 heavy (non-hydrogen) atoms. The Kier molecular flexibility index (Phi) is 10.1. The maximum absolute atomic E-state index is 5.41. The van der Waals surface area contributed by atoms with Gasteiger partial charge in [-0.3, -0.25) is 4.99 Å². The van der Waals surface area contributed by atoms with Gasteiger partial charge in [0, 0.05) is 33.9 Å².